The van der Waals surface area contributed by atoms with Gasteiger partial charge in [-0.3, -0.25) is 19.2 Å². The minimum absolute atomic E-state index is 0.0393. The van der Waals surface area contributed by atoms with E-state index < -0.39 is 35.0 Å². The number of nitrogens with zero attached hydrogens (tertiary/aromatic N) is 1. The Morgan fingerprint density at radius 1 is 0.638 bits per heavy atom. The summed E-state index contributed by atoms with van der Waals surface area (Å²) in [6.45, 7) is 10.7. The number of benzene rings is 1. The Labute approximate surface area is 279 Å². The van der Waals surface area contributed by atoms with Crippen molar-refractivity contribution in [3.05, 3.63) is 29.3 Å². The van der Waals surface area contributed by atoms with Gasteiger partial charge in [0.05, 0.1) is 16.8 Å². The quantitative estimate of drug-likeness (QED) is 0.0902. The summed E-state index contributed by atoms with van der Waals surface area (Å²) in [7, 11) is 0. The highest BCUT2D eigenvalue weighted by molar-refractivity contribution is 6.10. The summed E-state index contributed by atoms with van der Waals surface area (Å²) in [6, 6.07) is 4.22. The monoisotopic (exact) mass is 658 g/mol. The molecule has 262 valence electrons. The molecular formula is C36H54N2O9. The van der Waals surface area contributed by atoms with E-state index in [1.807, 2.05) is 20.8 Å². The highest BCUT2D eigenvalue weighted by Crippen LogP contribution is 2.27. The molecule has 3 amide bonds. The van der Waals surface area contributed by atoms with Crippen molar-refractivity contribution >= 4 is 41.3 Å². The van der Waals surface area contributed by atoms with Gasteiger partial charge < -0.3 is 19.6 Å². The fraction of sp³-hybridized carbons (Fsp3) is 0.667. The van der Waals surface area contributed by atoms with Crippen LogP contribution in [0.4, 0.5) is 5.69 Å². The topological polar surface area (TPSA) is 145 Å². The second-order valence-corrected chi connectivity index (χ2v) is 14.1. The maximum atomic E-state index is 13.0. The molecule has 47 heavy (non-hydrogen) atoms. The molecule has 1 aromatic carbocycles. The first-order valence-corrected chi connectivity index (χ1v) is 17.0. The van der Waals surface area contributed by atoms with E-state index >= 15 is 0 Å². The van der Waals surface area contributed by atoms with Crippen LogP contribution in [0.1, 0.15) is 165 Å². The van der Waals surface area contributed by atoms with Crippen LogP contribution in [0.25, 0.3) is 0 Å². The summed E-state index contributed by atoms with van der Waals surface area (Å²) >= 11 is 0. The third-order valence-electron chi connectivity index (χ3n) is 7.30. The van der Waals surface area contributed by atoms with Crippen LogP contribution in [0.5, 0.6) is 0 Å². The molecule has 1 saturated heterocycles. The fourth-order valence-corrected chi connectivity index (χ4v) is 5.07. The number of para-hydroxylation sites is 1. The number of carbonyl (C=O) groups is 6. The predicted octanol–water partition coefficient (Wildman–Crippen LogP) is 7.60. The van der Waals surface area contributed by atoms with Crippen molar-refractivity contribution in [2.24, 2.45) is 0 Å². The van der Waals surface area contributed by atoms with E-state index in [2.05, 4.69) is 5.32 Å². The highest BCUT2D eigenvalue weighted by atomic mass is 16.7. The number of nitrogens with one attached hydrogen (secondary N) is 1. The molecule has 2 rings (SSSR count). The van der Waals surface area contributed by atoms with Gasteiger partial charge >= 0.3 is 17.9 Å². The van der Waals surface area contributed by atoms with Crippen molar-refractivity contribution < 1.29 is 43.1 Å². The maximum Gasteiger partial charge on any atom is 0.366 e. The van der Waals surface area contributed by atoms with E-state index in [4.69, 9.17) is 14.3 Å². The molecule has 1 aromatic rings. The van der Waals surface area contributed by atoms with Crippen LogP contribution < -0.4 is 5.32 Å². The van der Waals surface area contributed by atoms with Gasteiger partial charge in [-0.2, -0.15) is 0 Å². The number of hydroxylamine groups is 2. The molecule has 0 radical (unpaired) electrons. The molecule has 0 aliphatic carbocycles. The molecule has 0 unspecified atom stereocenters. The Morgan fingerprint density at radius 2 is 1.06 bits per heavy atom. The van der Waals surface area contributed by atoms with Crippen LogP contribution in [0.15, 0.2) is 18.2 Å². The van der Waals surface area contributed by atoms with Crippen LogP contribution in [0.2, 0.25) is 0 Å². The first kappa shape index (κ1) is 39.4. The van der Waals surface area contributed by atoms with Crippen molar-refractivity contribution in [1.29, 1.82) is 0 Å². The highest BCUT2D eigenvalue weighted by Gasteiger charge is 2.34. The number of carbonyl (C=O) groups excluding carboxylic acids is 6. The van der Waals surface area contributed by atoms with E-state index in [0.717, 1.165) is 44.9 Å². The number of rotatable bonds is 19. The summed E-state index contributed by atoms with van der Waals surface area (Å²) < 4.78 is 10.8. The zero-order valence-electron chi connectivity index (χ0n) is 29.2. The van der Waals surface area contributed by atoms with Gasteiger partial charge in [0.2, 0.25) is 5.91 Å². The minimum atomic E-state index is -1.05. The Hall–Kier alpha value is -3.76. The summed E-state index contributed by atoms with van der Waals surface area (Å²) in [6.07, 6.45) is 13.1. The lowest BCUT2D eigenvalue weighted by Crippen LogP contribution is -2.32. The third kappa shape index (κ3) is 15.6. The van der Waals surface area contributed by atoms with Gasteiger partial charge in [-0.1, -0.05) is 70.3 Å². The molecule has 1 aliphatic rings. The molecule has 0 saturated carbocycles. The smallest absolute Gasteiger partial charge is 0.366 e. The van der Waals surface area contributed by atoms with Crippen LogP contribution in [-0.2, 0) is 33.5 Å². The average molecular weight is 659 g/mol. The van der Waals surface area contributed by atoms with Gasteiger partial charge in [-0.15, -0.1) is 5.06 Å². The Kier molecular flexibility index (Phi) is 16.1. The van der Waals surface area contributed by atoms with Crippen LogP contribution in [-0.4, -0.2) is 51.9 Å². The van der Waals surface area contributed by atoms with E-state index in [0.29, 0.717) is 17.9 Å². The molecule has 11 heteroatoms. The lowest BCUT2D eigenvalue weighted by atomic mass is 10.0. The van der Waals surface area contributed by atoms with Crippen molar-refractivity contribution in [1.82, 2.24) is 5.06 Å². The van der Waals surface area contributed by atoms with Crippen molar-refractivity contribution in [2.45, 2.75) is 155 Å². The second-order valence-electron chi connectivity index (χ2n) is 14.1. The van der Waals surface area contributed by atoms with Crippen molar-refractivity contribution in [3.8, 4) is 0 Å². The minimum Gasteiger partial charge on any atom is -0.460 e. The Bertz CT molecular complexity index is 1230. The number of hydrogen-bond acceptors (Lipinski definition) is 9. The first-order chi connectivity index (χ1) is 22.1. The lowest BCUT2D eigenvalue weighted by Gasteiger charge is -2.22. The van der Waals surface area contributed by atoms with Crippen molar-refractivity contribution in [3.63, 3.8) is 0 Å². The van der Waals surface area contributed by atoms with Crippen molar-refractivity contribution in [2.75, 3.05) is 5.32 Å². The average Bonchev–Trinajstić information content (AvgIpc) is 3.27. The van der Waals surface area contributed by atoms with Gasteiger partial charge in [-0.05, 0) is 66.5 Å². The van der Waals surface area contributed by atoms with E-state index in [1.165, 1.54) is 43.9 Å². The summed E-state index contributed by atoms with van der Waals surface area (Å²) in [5, 5.41) is 3.10. The first-order valence-electron chi connectivity index (χ1n) is 17.0. The third-order valence-corrected chi connectivity index (χ3v) is 7.30. The molecule has 1 fully saturated rings. The number of imide groups is 1. The molecule has 1 N–H and O–H groups in total. The number of unbranched alkanes of at least 4 members (excludes halogenated alkanes) is 11. The number of anilines is 1. The number of esters is 2. The van der Waals surface area contributed by atoms with E-state index in [-0.39, 0.29) is 48.0 Å². The molecule has 0 atom stereocenters. The number of amides is 3. The zero-order valence-corrected chi connectivity index (χ0v) is 29.2. The Morgan fingerprint density at radius 3 is 1.53 bits per heavy atom. The van der Waals surface area contributed by atoms with Crippen LogP contribution in [0, 0.1) is 0 Å². The van der Waals surface area contributed by atoms with E-state index in [9.17, 15) is 28.8 Å². The van der Waals surface area contributed by atoms with Gasteiger partial charge in [0, 0.05) is 25.7 Å². The molecule has 1 aliphatic heterocycles. The van der Waals surface area contributed by atoms with Gasteiger partial charge in [0.25, 0.3) is 11.8 Å². The molecule has 0 bridgehead atoms. The lowest BCUT2D eigenvalue weighted by molar-refractivity contribution is -0.172. The fourth-order valence-electron chi connectivity index (χ4n) is 5.07. The largest absolute Gasteiger partial charge is 0.460 e. The second kappa shape index (κ2) is 19.2. The van der Waals surface area contributed by atoms with Crippen LogP contribution in [0.3, 0.4) is 0 Å². The standard InChI is InChI=1S/C36H54N2O9/c1-35(2,3)45-31(42)23-18-16-14-12-10-8-7-9-11-13-15-17-22-28(39)37-32-26(33(43)46-36(4,5)6)20-19-21-27(32)34(44)47-38-29(40)24-25-30(38)41/h19-21H,7-18,22-25H2,1-6H3,(H,37,39). The summed E-state index contributed by atoms with van der Waals surface area (Å²) in [4.78, 5) is 79.7. The summed E-state index contributed by atoms with van der Waals surface area (Å²) in [5.74, 6) is -3.57. The van der Waals surface area contributed by atoms with Crippen LogP contribution >= 0.6 is 0 Å². The molecule has 0 aromatic heterocycles. The van der Waals surface area contributed by atoms with E-state index in [1.54, 1.807) is 20.8 Å². The Balaban J connectivity index is 1.74. The number of hydrogen-bond donors (Lipinski definition) is 1. The summed E-state index contributed by atoms with van der Waals surface area (Å²) in [5.41, 5.74) is -1.54. The van der Waals surface area contributed by atoms with Gasteiger partial charge in [-0.25, -0.2) is 9.59 Å². The van der Waals surface area contributed by atoms with Gasteiger partial charge in [0.1, 0.15) is 11.2 Å². The maximum absolute atomic E-state index is 13.0. The normalized spacial score (nSPS) is 13.4. The number of ether oxygens (including phenoxy) is 2. The van der Waals surface area contributed by atoms with Gasteiger partial charge in [0.15, 0.2) is 0 Å². The molecular weight excluding hydrogens is 604 g/mol. The molecule has 1 heterocycles. The molecule has 11 nitrogen and oxygen atoms in total. The predicted molar refractivity (Wildman–Crippen MR) is 177 cm³/mol. The molecule has 0 spiro atoms. The zero-order chi connectivity index (χ0) is 35.0. The SMILES string of the molecule is CC(C)(C)OC(=O)CCCCCCCCCCCCCCC(=O)Nc1c(C(=O)ON2C(=O)CCC2=O)cccc1C(=O)OC(C)(C)C.